The molecule has 0 bridgehead atoms. The average molecular weight is 193 g/mol. The Morgan fingerprint density at radius 2 is 2.00 bits per heavy atom. The van der Waals surface area contributed by atoms with E-state index in [9.17, 15) is 0 Å². The molecule has 0 saturated carbocycles. The summed E-state index contributed by atoms with van der Waals surface area (Å²) in [5.74, 6) is 5.55. The van der Waals surface area contributed by atoms with Crippen LogP contribution < -0.4 is 11.3 Å². The molecule has 0 aliphatic heterocycles. The molecule has 14 heavy (non-hydrogen) atoms. The fourth-order valence-electron chi connectivity index (χ4n) is 1.58. The molecule has 78 valence electrons. The zero-order chi connectivity index (χ0) is 10.6. The van der Waals surface area contributed by atoms with Gasteiger partial charge in [0.05, 0.1) is 6.04 Å². The highest BCUT2D eigenvalue weighted by molar-refractivity contribution is 5.28. The van der Waals surface area contributed by atoms with Gasteiger partial charge < -0.3 is 4.90 Å². The molecule has 1 aromatic rings. The molecule has 0 heterocycles. The average Bonchev–Trinajstić information content (AvgIpc) is 2.15. The minimum absolute atomic E-state index is 0.200. The van der Waals surface area contributed by atoms with Gasteiger partial charge in [-0.25, -0.2) is 0 Å². The van der Waals surface area contributed by atoms with Gasteiger partial charge in [-0.15, -0.1) is 0 Å². The summed E-state index contributed by atoms with van der Waals surface area (Å²) in [4.78, 5) is 2.12. The van der Waals surface area contributed by atoms with Crippen LogP contribution in [0.4, 0.5) is 0 Å². The third-order valence-electron chi connectivity index (χ3n) is 2.31. The number of hydrazine groups is 1. The molecule has 0 fully saturated rings. The smallest absolute Gasteiger partial charge is 0.0589 e. The molecule has 0 amide bonds. The van der Waals surface area contributed by atoms with Gasteiger partial charge in [0, 0.05) is 6.54 Å². The Hall–Kier alpha value is -0.900. The number of nitrogens with one attached hydrogen (secondary N) is 1. The van der Waals surface area contributed by atoms with Crippen molar-refractivity contribution in [3.8, 4) is 0 Å². The predicted molar refractivity (Wildman–Crippen MR) is 59.8 cm³/mol. The topological polar surface area (TPSA) is 41.3 Å². The molecular weight excluding hydrogens is 174 g/mol. The summed E-state index contributed by atoms with van der Waals surface area (Å²) in [6.07, 6.45) is 0. The summed E-state index contributed by atoms with van der Waals surface area (Å²) >= 11 is 0. The molecule has 3 heteroatoms. The standard InChI is InChI=1S/C11H19N3/c1-9-6-4-5-7-10(9)11(13-12)8-14(2)3/h4-7,11,13H,8,12H2,1-3H3. The van der Waals surface area contributed by atoms with Gasteiger partial charge in [0.25, 0.3) is 0 Å². The normalized spacial score (nSPS) is 13.2. The van der Waals surface area contributed by atoms with Crippen LogP contribution in [0.3, 0.4) is 0 Å². The van der Waals surface area contributed by atoms with Gasteiger partial charge in [-0.2, -0.15) is 0 Å². The summed E-state index contributed by atoms with van der Waals surface area (Å²) in [7, 11) is 4.09. The lowest BCUT2D eigenvalue weighted by Crippen LogP contribution is -2.35. The molecule has 0 aromatic heterocycles. The molecule has 1 aromatic carbocycles. The molecule has 1 rings (SSSR count). The Morgan fingerprint density at radius 1 is 1.36 bits per heavy atom. The van der Waals surface area contributed by atoms with Crippen molar-refractivity contribution < 1.29 is 0 Å². The van der Waals surface area contributed by atoms with E-state index in [0.29, 0.717) is 0 Å². The van der Waals surface area contributed by atoms with Crippen molar-refractivity contribution in [2.45, 2.75) is 13.0 Å². The molecule has 0 aliphatic carbocycles. The fourth-order valence-corrected chi connectivity index (χ4v) is 1.58. The lowest BCUT2D eigenvalue weighted by atomic mass is 10.0. The first-order valence-corrected chi connectivity index (χ1v) is 4.81. The Labute approximate surface area is 85.9 Å². The minimum Gasteiger partial charge on any atom is -0.307 e. The molecular formula is C11H19N3. The first-order valence-electron chi connectivity index (χ1n) is 4.81. The highest BCUT2D eigenvalue weighted by atomic mass is 15.3. The van der Waals surface area contributed by atoms with E-state index in [2.05, 4.69) is 29.4 Å². The number of rotatable bonds is 4. The highest BCUT2D eigenvalue weighted by Gasteiger charge is 2.11. The third kappa shape index (κ3) is 2.80. The number of benzene rings is 1. The quantitative estimate of drug-likeness (QED) is 0.555. The second kappa shape index (κ2) is 5.10. The van der Waals surface area contributed by atoms with Crippen molar-refractivity contribution in [3.63, 3.8) is 0 Å². The van der Waals surface area contributed by atoms with Gasteiger partial charge >= 0.3 is 0 Å². The van der Waals surface area contributed by atoms with Crippen molar-refractivity contribution in [1.82, 2.24) is 10.3 Å². The molecule has 0 spiro atoms. The SMILES string of the molecule is Cc1ccccc1C(CN(C)C)NN. The zero-order valence-electron chi connectivity index (χ0n) is 9.12. The number of hydrogen-bond donors (Lipinski definition) is 2. The van der Waals surface area contributed by atoms with Gasteiger partial charge in [0.1, 0.15) is 0 Å². The van der Waals surface area contributed by atoms with E-state index < -0.39 is 0 Å². The lowest BCUT2D eigenvalue weighted by Gasteiger charge is -2.22. The maximum atomic E-state index is 5.55. The minimum atomic E-state index is 0.200. The van der Waals surface area contributed by atoms with Gasteiger partial charge in [-0.3, -0.25) is 11.3 Å². The van der Waals surface area contributed by atoms with E-state index in [1.54, 1.807) is 0 Å². The van der Waals surface area contributed by atoms with Gasteiger partial charge in [0.2, 0.25) is 0 Å². The Bertz CT molecular complexity index is 284. The van der Waals surface area contributed by atoms with Crippen LogP contribution in [0, 0.1) is 6.92 Å². The number of nitrogens with zero attached hydrogens (tertiary/aromatic N) is 1. The predicted octanol–water partition coefficient (Wildman–Crippen LogP) is 1.06. The summed E-state index contributed by atoms with van der Waals surface area (Å²) in [6.45, 7) is 3.01. The van der Waals surface area contributed by atoms with Crippen LogP contribution in [0.1, 0.15) is 17.2 Å². The lowest BCUT2D eigenvalue weighted by molar-refractivity contribution is 0.344. The van der Waals surface area contributed by atoms with Crippen LogP contribution in [0.15, 0.2) is 24.3 Å². The Morgan fingerprint density at radius 3 is 2.50 bits per heavy atom. The van der Waals surface area contributed by atoms with E-state index in [-0.39, 0.29) is 6.04 Å². The van der Waals surface area contributed by atoms with Crippen LogP contribution in [0.2, 0.25) is 0 Å². The Kier molecular flexibility index (Phi) is 4.07. The first kappa shape index (κ1) is 11.2. The molecule has 0 aliphatic rings. The van der Waals surface area contributed by atoms with E-state index in [0.717, 1.165) is 6.54 Å². The molecule has 1 atom stereocenters. The summed E-state index contributed by atoms with van der Waals surface area (Å²) in [5, 5.41) is 0. The van der Waals surface area contributed by atoms with E-state index in [1.807, 2.05) is 26.2 Å². The molecule has 3 nitrogen and oxygen atoms in total. The van der Waals surface area contributed by atoms with Crippen molar-refractivity contribution in [1.29, 1.82) is 0 Å². The maximum Gasteiger partial charge on any atom is 0.0589 e. The van der Waals surface area contributed by atoms with Crippen molar-refractivity contribution in [2.75, 3.05) is 20.6 Å². The number of hydrogen-bond acceptors (Lipinski definition) is 3. The van der Waals surface area contributed by atoms with Crippen LogP contribution in [-0.4, -0.2) is 25.5 Å². The number of aryl methyl sites for hydroxylation is 1. The third-order valence-corrected chi connectivity index (χ3v) is 2.31. The van der Waals surface area contributed by atoms with E-state index >= 15 is 0 Å². The highest BCUT2D eigenvalue weighted by Crippen LogP contribution is 2.16. The van der Waals surface area contributed by atoms with Crippen LogP contribution in [0.5, 0.6) is 0 Å². The zero-order valence-corrected chi connectivity index (χ0v) is 9.12. The molecule has 0 saturated heterocycles. The van der Waals surface area contributed by atoms with Gasteiger partial charge in [0.15, 0.2) is 0 Å². The van der Waals surface area contributed by atoms with Crippen LogP contribution in [0.25, 0.3) is 0 Å². The summed E-state index contributed by atoms with van der Waals surface area (Å²) < 4.78 is 0. The maximum absolute atomic E-state index is 5.55. The van der Waals surface area contributed by atoms with Crippen molar-refractivity contribution in [2.24, 2.45) is 5.84 Å². The van der Waals surface area contributed by atoms with E-state index in [1.165, 1.54) is 11.1 Å². The van der Waals surface area contributed by atoms with Crippen LogP contribution >= 0.6 is 0 Å². The summed E-state index contributed by atoms with van der Waals surface area (Å²) in [5.41, 5.74) is 5.39. The monoisotopic (exact) mass is 193 g/mol. The molecule has 3 N–H and O–H groups in total. The van der Waals surface area contributed by atoms with Crippen molar-refractivity contribution >= 4 is 0 Å². The number of likely N-dealkylation sites (N-methyl/N-ethyl adjacent to an activating group) is 1. The first-order chi connectivity index (χ1) is 6.65. The van der Waals surface area contributed by atoms with Gasteiger partial charge in [-0.1, -0.05) is 24.3 Å². The van der Waals surface area contributed by atoms with Crippen molar-refractivity contribution in [3.05, 3.63) is 35.4 Å². The molecule has 0 radical (unpaired) electrons. The number of nitrogens with two attached hydrogens (primary N) is 1. The Balaban J connectivity index is 2.83. The summed E-state index contributed by atoms with van der Waals surface area (Å²) in [6, 6.07) is 8.51. The largest absolute Gasteiger partial charge is 0.307 e. The van der Waals surface area contributed by atoms with Gasteiger partial charge in [-0.05, 0) is 32.1 Å². The second-order valence-electron chi connectivity index (χ2n) is 3.84. The fraction of sp³-hybridized carbons (Fsp3) is 0.455. The van der Waals surface area contributed by atoms with Crippen LogP contribution in [-0.2, 0) is 0 Å². The second-order valence-corrected chi connectivity index (χ2v) is 3.84. The molecule has 1 unspecified atom stereocenters. The van der Waals surface area contributed by atoms with E-state index in [4.69, 9.17) is 5.84 Å².